The lowest BCUT2D eigenvalue weighted by Crippen LogP contribution is -2.37. The van der Waals surface area contributed by atoms with E-state index in [4.69, 9.17) is 0 Å². The van der Waals surface area contributed by atoms with Gasteiger partial charge in [-0.25, -0.2) is 9.37 Å². The molecule has 0 saturated carbocycles. The van der Waals surface area contributed by atoms with Crippen molar-refractivity contribution >= 4 is 39.1 Å². The highest BCUT2D eigenvalue weighted by Gasteiger charge is 2.12. The molecular weight excluding hydrogens is 371 g/mol. The molecule has 0 aliphatic carbocycles. The topological polar surface area (TPSA) is 93.1 Å². The van der Waals surface area contributed by atoms with Crippen molar-refractivity contribution in [3.05, 3.63) is 57.7 Å². The van der Waals surface area contributed by atoms with Crippen LogP contribution >= 0.6 is 11.3 Å². The van der Waals surface area contributed by atoms with Crippen LogP contribution in [0.5, 0.6) is 0 Å². The number of amides is 2. The Bertz CT molecular complexity index is 1040. The van der Waals surface area contributed by atoms with Crippen molar-refractivity contribution in [1.29, 1.82) is 0 Å². The van der Waals surface area contributed by atoms with Crippen molar-refractivity contribution in [1.82, 2.24) is 14.9 Å². The maximum Gasteiger partial charge on any atom is 0.262 e. The van der Waals surface area contributed by atoms with E-state index in [2.05, 4.69) is 15.6 Å². The van der Waals surface area contributed by atoms with Crippen LogP contribution in [0.3, 0.4) is 0 Å². The van der Waals surface area contributed by atoms with Gasteiger partial charge in [-0.15, -0.1) is 11.3 Å². The van der Waals surface area contributed by atoms with Crippen molar-refractivity contribution in [2.75, 3.05) is 11.9 Å². The van der Waals surface area contributed by atoms with Crippen molar-refractivity contribution in [2.45, 2.75) is 19.9 Å². The van der Waals surface area contributed by atoms with Gasteiger partial charge in [0.1, 0.15) is 17.2 Å². The van der Waals surface area contributed by atoms with Gasteiger partial charge in [-0.3, -0.25) is 19.0 Å². The molecule has 140 valence electrons. The average Bonchev–Trinajstić information content (AvgIpc) is 3.09. The molecule has 2 aromatic heterocycles. The highest BCUT2D eigenvalue weighted by molar-refractivity contribution is 7.18. The summed E-state index contributed by atoms with van der Waals surface area (Å²) in [5.41, 5.74) is 0.132. The number of hydrogen-bond donors (Lipinski definition) is 2. The van der Waals surface area contributed by atoms with E-state index >= 15 is 0 Å². The molecule has 2 amide bonds. The van der Waals surface area contributed by atoms with Crippen LogP contribution < -0.4 is 16.2 Å². The minimum atomic E-state index is -0.488. The number of nitrogens with one attached hydrogen (secondary N) is 2. The van der Waals surface area contributed by atoms with Gasteiger partial charge >= 0.3 is 0 Å². The molecule has 0 atom stereocenters. The summed E-state index contributed by atoms with van der Waals surface area (Å²) in [7, 11) is 0. The molecule has 3 aromatic rings. The predicted molar refractivity (Wildman–Crippen MR) is 101 cm³/mol. The van der Waals surface area contributed by atoms with E-state index in [1.807, 2.05) is 6.92 Å². The first kappa shape index (κ1) is 18.7. The Morgan fingerprint density at radius 1 is 1.22 bits per heavy atom. The van der Waals surface area contributed by atoms with Crippen molar-refractivity contribution in [3.63, 3.8) is 0 Å². The van der Waals surface area contributed by atoms with E-state index in [9.17, 15) is 18.8 Å². The molecule has 9 heteroatoms. The number of fused-ring (bicyclic) bond motifs is 1. The fourth-order valence-corrected chi connectivity index (χ4v) is 3.35. The van der Waals surface area contributed by atoms with Gasteiger partial charge < -0.3 is 10.6 Å². The standard InChI is InChI=1S/C18H17FN4O3S/c1-2-13-7-14-17(27-13)21-10-23(18(14)26)9-16(25)20-8-15(24)22-12-5-3-11(19)4-6-12/h3-7,10H,2,8-9H2,1H3,(H,20,25)(H,22,24). The predicted octanol–water partition coefficient (Wildman–Crippen LogP) is 1.91. The SMILES string of the molecule is CCc1cc2c(=O)n(CC(=O)NCC(=O)Nc3ccc(F)cc3)cnc2s1. The first-order valence-corrected chi connectivity index (χ1v) is 9.08. The van der Waals surface area contributed by atoms with Crippen molar-refractivity contribution in [3.8, 4) is 0 Å². The number of carbonyl (C=O) groups is 2. The summed E-state index contributed by atoms with van der Waals surface area (Å²) in [4.78, 5) is 42.2. The summed E-state index contributed by atoms with van der Waals surface area (Å²) in [6.07, 6.45) is 2.14. The third kappa shape index (κ3) is 4.56. The van der Waals surface area contributed by atoms with Crippen LogP contribution in [0.15, 0.2) is 41.5 Å². The number of aryl methyl sites for hydroxylation is 1. The molecule has 2 N–H and O–H groups in total. The fraction of sp³-hybridized carbons (Fsp3) is 0.222. The second kappa shape index (κ2) is 8.09. The molecule has 2 heterocycles. The molecule has 0 radical (unpaired) electrons. The maximum atomic E-state index is 12.8. The highest BCUT2D eigenvalue weighted by Crippen LogP contribution is 2.20. The van der Waals surface area contributed by atoms with Gasteiger partial charge in [-0.05, 0) is 36.8 Å². The van der Waals surface area contributed by atoms with Gasteiger partial charge in [0.15, 0.2) is 0 Å². The molecule has 0 spiro atoms. The van der Waals surface area contributed by atoms with Crippen LogP contribution in [0.25, 0.3) is 10.2 Å². The van der Waals surface area contributed by atoms with Crippen LogP contribution in [0, 0.1) is 5.82 Å². The zero-order valence-electron chi connectivity index (χ0n) is 14.5. The number of rotatable bonds is 6. The third-order valence-electron chi connectivity index (χ3n) is 3.81. The van der Waals surface area contributed by atoms with Crippen LogP contribution in [0.4, 0.5) is 10.1 Å². The second-order valence-electron chi connectivity index (χ2n) is 5.79. The van der Waals surface area contributed by atoms with Crippen LogP contribution in [-0.4, -0.2) is 27.9 Å². The largest absolute Gasteiger partial charge is 0.345 e. The average molecular weight is 388 g/mol. The Morgan fingerprint density at radius 2 is 1.96 bits per heavy atom. The lowest BCUT2D eigenvalue weighted by molar-refractivity contribution is -0.124. The van der Waals surface area contributed by atoms with E-state index in [1.165, 1.54) is 46.5 Å². The summed E-state index contributed by atoms with van der Waals surface area (Å²) in [5, 5.41) is 5.46. The number of benzene rings is 1. The number of carbonyl (C=O) groups excluding carboxylic acids is 2. The number of halogens is 1. The smallest absolute Gasteiger partial charge is 0.262 e. The zero-order valence-corrected chi connectivity index (χ0v) is 15.3. The summed E-state index contributed by atoms with van der Waals surface area (Å²) in [5.74, 6) is -1.35. The van der Waals surface area contributed by atoms with Crippen LogP contribution in [-0.2, 0) is 22.6 Å². The number of thiophene rings is 1. The Hall–Kier alpha value is -3.07. The summed E-state index contributed by atoms with van der Waals surface area (Å²) < 4.78 is 14.0. The van der Waals surface area contributed by atoms with Crippen LogP contribution in [0.2, 0.25) is 0 Å². The Morgan fingerprint density at radius 3 is 2.67 bits per heavy atom. The second-order valence-corrected chi connectivity index (χ2v) is 6.91. The summed E-state index contributed by atoms with van der Waals surface area (Å²) in [6, 6.07) is 7.07. The molecule has 3 rings (SSSR count). The molecule has 27 heavy (non-hydrogen) atoms. The molecule has 0 fully saturated rings. The Kier molecular flexibility index (Phi) is 5.60. The molecule has 1 aromatic carbocycles. The first-order valence-electron chi connectivity index (χ1n) is 8.26. The van der Waals surface area contributed by atoms with E-state index in [-0.39, 0.29) is 18.6 Å². The number of anilines is 1. The molecule has 0 aliphatic rings. The quantitative estimate of drug-likeness (QED) is 0.675. The van der Waals surface area contributed by atoms with Gasteiger partial charge in [0, 0.05) is 10.6 Å². The van der Waals surface area contributed by atoms with Gasteiger partial charge in [0.25, 0.3) is 5.56 Å². The van der Waals surface area contributed by atoms with Crippen molar-refractivity contribution in [2.24, 2.45) is 0 Å². The first-order chi connectivity index (χ1) is 13.0. The van der Waals surface area contributed by atoms with Crippen LogP contribution in [0.1, 0.15) is 11.8 Å². The van der Waals surface area contributed by atoms with Gasteiger partial charge in [0.05, 0.1) is 18.3 Å². The normalized spacial score (nSPS) is 10.7. The monoisotopic (exact) mass is 388 g/mol. The lowest BCUT2D eigenvalue weighted by Gasteiger charge is -2.08. The zero-order chi connectivity index (χ0) is 19.4. The lowest BCUT2D eigenvalue weighted by atomic mass is 10.3. The van der Waals surface area contributed by atoms with Crippen molar-refractivity contribution < 1.29 is 14.0 Å². The Balaban J connectivity index is 1.58. The van der Waals surface area contributed by atoms with E-state index in [1.54, 1.807) is 6.07 Å². The molecule has 7 nitrogen and oxygen atoms in total. The minimum Gasteiger partial charge on any atom is -0.345 e. The van der Waals surface area contributed by atoms with Gasteiger partial charge in [-0.1, -0.05) is 6.92 Å². The van der Waals surface area contributed by atoms with Gasteiger partial charge in [0.2, 0.25) is 11.8 Å². The molecule has 0 bridgehead atoms. The summed E-state index contributed by atoms with van der Waals surface area (Å²) in [6.45, 7) is 1.50. The fourth-order valence-electron chi connectivity index (χ4n) is 2.42. The minimum absolute atomic E-state index is 0.233. The molecule has 0 unspecified atom stereocenters. The number of hydrogen-bond acceptors (Lipinski definition) is 5. The number of aromatic nitrogens is 2. The summed E-state index contributed by atoms with van der Waals surface area (Å²) >= 11 is 1.45. The maximum absolute atomic E-state index is 12.8. The van der Waals surface area contributed by atoms with E-state index in [0.29, 0.717) is 15.9 Å². The highest BCUT2D eigenvalue weighted by atomic mass is 32.1. The Labute approximate surface area is 157 Å². The van der Waals surface area contributed by atoms with E-state index in [0.717, 1.165) is 11.3 Å². The molecule has 0 aliphatic heterocycles. The van der Waals surface area contributed by atoms with Gasteiger partial charge in [-0.2, -0.15) is 0 Å². The molecule has 0 saturated heterocycles. The third-order valence-corrected chi connectivity index (χ3v) is 4.99. The van der Waals surface area contributed by atoms with E-state index < -0.39 is 17.6 Å². The molecular formula is C18H17FN4O3S. The number of nitrogens with zero attached hydrogens (tertiary/aromatic N) is 2.